The molecule has 0 radical (unpaired) electrons. The Bertz CT molecular complexity index is 1670. The van der Waals surface area contributed by atoms with Crippen molar-refractivity contribution in [3.8, 4) is 17.0 Å². The van der Waals surface area contributed by atoms with Crippen LogP contribution in [0.4, 0.5) is 24.7 Å². The molecule has 3 heterocycles. The minimum atomic E-state index is -4.55. The summed E-state index contributed by atoms with van der Waals surface area (Å²) in [6, 6.07) is 9.13. The molecule has 0 saturated carbocycles. The number of nitrogens with two attached hydrogens (primary N) is 1. The first-order valence-electron chi connectivity index (χ1n) is 14.3. The van der Waals surface area contributed by atoms with E-state index in [2.05, 4.69) is 10.3 Å². The quantitative estimate of drug-likeness (QED) is 0.244. The minimum Gasteiger partial charge on any atom is -0.490 e. The van der Waals surface area contributed by atoms with Crippen LogP contribution in [0, 0.1) is 0 Å². The molecule has 0 bridgehead atoms. The number of piperidine rings is 1. The Kier molecular flexibility index (Phi) is 9.04. The Morgan fingerprint density at radius 2 is 1.98 bits per heavy atom. The number of carbonyl (C=O) groups is 2. The number of rotatable bonds is 9. The van der Waals surface area contributed by atoms with Gasteiger partial charge >= 0.3 is 6.18 Å². The van der Waals surface area contributed by atoms with Crippen LogP contribution in [0.3, 0.4) is 0 Å². The van der Waals surface area contributed by atoms with Crippen LogP contribution in [0.5, 0.6) is 5.75 Å². The van der Waals surface area contributed by atoms with E-state index in [1.54, 1.807) is 24.5 Å². The van der Waals surface area contributed by atoms with Crippen LogP contribution in [-0.2, 0) is 15.7 Å². The van der Waals surface area contributed by atoms with E-state index in [0.717, 1.165) is 30.8 Å². The van der Waals surface area contributed by atoms with Crippen molar-refractivity contribution in [2.45, 2.75) is 38.3 Å². The van der Waals surface area contributed by atoms with Crippen molar-refractivity contribution < 1.29 is 32.2 Å². The van der Waals surface area contributed by atoms with Gasteiger partial charge in [0.05, 0.1) is 12.2 Å². The van der Waals surface area contributed by atoms with Crippen molar-refractivity contribution in [3.63, 3.8) is 0 Å². The monoisotopic (exact) mass is 610 g/mol. The molecular weight excluding hydrogens is 577 g/mol. The van der Waals surface area contributed by atoms with Gasteiger partial charge in [-0.2, -0.15) is 13.2 Å². The molecule has 2 aromatic heterocycles. The summed E-state index contributed by atoms with van der Waals surface area (Å²) in [6.07, 6.45) is 0.914. The van der Waals surface area contributed by atoms with Crippen LogP contribution in [0.2, 0.25) is 0 Å². The Morgan fingerprint density at radius 3 is 2.73 bits per heavy atom. The lowest BCUT2D eigenvalue weighted by Crippen LogP contribution is -2.39. The van der Waals surface area contributed by atoms with Crippen LogP contribution in [0.25, 0.3) is 16.8 Å². The zero-order chi connectivity index (χ0) is 31.4. The number of nitrogen functional groups attached to an aromatic ring is 1. The third-order valence-electron chi connectivity index (χ3n) is 7.54. The molecular formula is C31H33F3N6O4. The van der Waals surface area contributed by atoms with Crippen LogP contribution >= 0.6 is 0 Å². The third kappa shape index (κ3) is 6.47. The topological polar surface area (TPSA) is 124 Å². The van der Waals surface area contributed by atoms with Gasteiger partial charge < -0.3 is 25.4 Å². The number of imidazole rings is 1. The maximum absolute atomic E-state index is 13.2. The molecule has 10 nitrogen and oxygen atoms in total. The van der Waals surface area contributed by atoms with E-state index in [0.29, 0.717) is 42.0 Å². The maximum Gasteiger partial charge on any atom is 0.416 e. The summed E-state index contributed by atoms with van der Waals surface area (Å²) in [4.78, 5) is 36.8. The zero-order valence-corrected chi connectivity index (χ0v) is 24.4. The predicted octanol–water partition coefficient (Wildman–Crippen LogP) is 5.39. The molecule has 1 aliphatic rings. The first-order chi connectivity index (χ1) is 21.1. The average molecular weight is 611 g/mol. The number of halogens is 3. The highest BCUT2D eigenvalue weighted by molar-refractivity contribution is 6.05. The van der Waals surface area contributed by atoms with Crippen LogP contribution < -0.4 is 15.8 Å². The van der Waals surface area contributed by atoms with Gasteiger partial charge in [-0.25, -0.2) is 9.97 Å². The van der Waals surface area contributed by atoms with E-state index in [1.807, 2.05) is 16.2 Å². The molecule has 3 N–H and O–H groups in total. The molecule has 44 heavy (non-hydrogen) atoms. The van der Waals surface area contributed by atoms with Crippen molar-refractivity contribution >= 4 is 28.8 Å². The number of alkyl halides is 3. The molecule has 4 aromatic rings. The number of amides is 2. The van der Waals surface area contributed by atoms with Gasteiger partial charge in [0.2, 0.25) is 5.91 Å². The van der Waals surface area contributed by atoms with Crippen molar-refractivity contribution in [1.82, 2.24) is 19.3 Å². The number of aromatic nitrogens is 3. The van der Waals surface area contributed by atoms with Crippen molar-refractivity contribution in [1.29, 1.82) is 0 Å². The molecule has 1 aliphatic heterocycles. The summed E-state index contributed by atoms with van der Waals surface area (Å²) in [6.45, 7) is 3.49. The van der Waals surface area contributed by atoms with Crippen molar-refractivity contribution in [3.05, 3.63) is 71.8 Å². The van der Waals surface area contributed by atoms with E-state index in [4.69, 9.17) is 20.2 Å². The summed E-state index contributed by atoms with van der Waals surface area (Å²) in [5.41, 5.74) is 7.24. The number of hydrogen-bond donors (Lipinski definition) is 2. The maximum atomic E-state index is 13.2. The number of fused-ring (bicyclic) bond motifs is 1. The highest BCUT2D eigenvalue weighted by Crippen LogP contribution is 2.38. The Morgan fingerprint density at radius 1 is 1.16 bits per heavy atom. The Labute approximate surface area is 252 Å². The summed E-state index contributed by atoms with van der Waals surface area (Å²) in [7, 11) is 1.53. The highest BCUT2D eigenvalue weighted by Gasteiger charge is 2.31. The number of benzene rings is 2. The lowest BCUT2D eigenvalue weighted by atomic mass is 9.97. The number of likely N-dealkylation sites (tertiary alicyclic amines) is 1. The van der Waals surface area contributed by atoms with Crippen molar-refractivity contribution in [2.75, 3.05) is 44.5 Å². The van der Waals surface area contributed by atoms with Gasteiger partial charge in [0.25, 0.3) is 5.91 Å². The summed E-state index contributed by atoms with van der Waals surface area (Å²) >= 11 is 0. The molecule has 5 rings (SSSR count). The fourth-order valence-electron chi connectivity index (χ4n) is 5.39. The molecule has 1 fully saturated rings. The average Bonchev–Trinajstić information content (AvgIpc) is 3.41. The number of nitrogens with zero attached hydrogens (tertiary/aromatic N) is 4. The molecule has 1 saturated heterocycles. The molecule has 232 valence electrons. The van der Waals surface area contributed by atoms with Gasteiger partial charge in [-0.1, -0.05) is 13.0 Å². The van der Waals surface area contributed by atoms with Gasteiger partial charge in [-0.15, -0.1) is 0 Å². The van der Waals surface area contributed by atoms with Gasteiger partial charge in [-0.05, 0) is 49.2 Å². The van der Waals surface area contributed by atoms with Crippen LogP contribution in [0.15, 0.2) is 54.9 Å². The summed E-state index contributed by atoms with van der Waals surface area (Å²) in [5.74, 6) is 0.703. The van der Waals surface area contributed by atoms with Crippen LogP contribution in [0.1, 0.15) is 53.8 Å². The highest BCUT2D eigenvalue weighted by atomic mass is 19.4. The van der Waals surface area contributed by atoms with E-state index >= 15 is 0 Å². The Hall–Kier alpha value is -4.65. The minimum absolute atomic E-state index is 0.00224. The molecule has 2 amide bonds. The third-order valence-corrected chi connectivity index (χ3v) is 7.54. The number of anilines is 2. The lowest BCUT2D eigenvalue weighted by molar-refractivity contribution is -0.137. The largest absolute Gasteiger partial charge is 0.490 e. The first-order valence-corrected chi connectivity index (χ1v) is 14.3. The number of carbonyl (C=O) groups excluding carboxylic acids is 2. The number of nitrogens with one attached hydrogen (secondary N) is 1. The second-order valence-electron chi connectivity index (χ2n) is 10.5. The second kappa shape index (κ2) is 12.9. The number of methoxy groups -OCH3 is 1. The summed E-state index contributed by atoms with van der Waals surface area (Å²) < 4.78 is 52.6. The summed E-state index contributed by atoms with van der Waals surface area (Å²) in [5, 5.41) is 2.53. The van der Waals surface area contributed by atoms with Gasteiger partial charge in [-0.3, -0.25) is 14.0 Å². The molecule has 0 spiro atoms. The molecule has 13 heteroatoms. The zero-order valence-electron chi connectivity index (χ0n) is 24.4. The van der Waals surface area contributed by atoms with E-state index in [9.17, 15) is 22.8 Å². The molecule has 1 unspecified atom stereocenters. The first kappa shape index (κ1) is 30.8. The number of hydrogen-bond acceptors (Lipinski definition) is 7. The fraction of sp³-hybridized carbons (Fsp3) is 0.355. The van der Waals surface area contributed by atoms with Crippen molar-refractivity contribution in [2.24, 2.45) is 0 Å². The van der Waals surface area contributed by atoms with Gasteiger partial charge in [0.1, 0.15) is 35.2 Å². The van der Waals surface area contributed by atoms with Crippen LogP contribution in [-0.4, -0.2) is 64.5 Å². The molecule has 2 aromatic carbocycles. The predicted molar refractivity (Wildman–Crippen MR) is 158 cm³/mol. The standard InChI is InChI=1S/C31H33F3N6O4/c1-3-25(41)39-12-5-6-20(18-39)29-38-26(27-28(35)36-11-13-40(27)29)23-10-9-19(16-24(23)44-15-14-43-2)30(42)37-22-8-4-7-21(17-22)31(32,33)34/h4,7-11,13,16-17,20H,3,5-6,12,14-15,18H2,1-2H3,(H2,35,36)(H,37,42). The fourth-order valence-corrected chi connectivity index (χ4v) is 5.39. The smallest absolute Gasteiger partial charge is 0.416 e. The van der Waals surface area contributed by atoms with E-state index < -0.39 is 17.6 Å². The Balaban J connectivity index is 1.53. The van der Waals surface area contributed by atoms with E-state index in [1.165, 1.54) is 25.3 Å². The second-order valence-corrected chi connectivity index (χ2v) is 10.5. The molecule has 0 aliphatic carbocycles. The SMILES string of the molecule is CCC(=O)N1CCCC(c2nc(-c3ccc(C(=O)Nc4cccc(C(F)(F)F)c4)cc3OCCOC)c3c(N)nccn23)C1. The van der Waals surface area contributed by atoms with E-state index in [-0.39, 0.29) is 42.1 Å². The number of ether oxygens (including phenoxy) is 2. The normalized spacial score (nSPS) is 15.4. The lowest BCUT2D eigenvalue weighted by Gasteiger charge is -2.32. The van der Waals surface area contributed by atoms with Gasteiger partial charge in [0.15, 0.2) is 0 Å². The molecule has 1 atom stereocenters. The van der Waals surface area contributed by atoms with Gasteiger partial charge in [0, 0.05) is 61.7 Å².